The molecule has 0 atom stereocenters. The maximum Gasteiger partial charge on any atom is 0.309 e. The monoisotopic (exact) mass is 377 g/mol. The van der Waals surface area contributed by atoms with Gasteiger partial charge in [0.1, 0.15) is 6.61 Å². The van der Waals surface area contributed by atoms with Crippen LogP contribution in [-0.4, -0.2) is 32.8 Å². The summed E-state index contributed by atoms with van der Waals surface area (Å²) in [6, 6.07) is 6.67. The number of sulfonamides is 1. The molecule has 0 spiro atoms. The number of hydrogen-bond acceptors (Lipinski definition) is 4. The second-order valence-electron chi connectivity index (χ2n) is 8.50. The highest BCUT2D eigenvalue weighted by molar-refractivity contribution is 7.89. The molecule has 5 rings (SSSR count). The minimum Gasteiger partial charge on any atom is -0.461 e. The van der Waals surface area contributed by atoms with Gasteiger partial charge in [-0.2, -0.15) is 0 Å². The predicted molar refractivity (Wildman–Crippen MR) is 97.6 cm³/mol. The number of esters is 1. The Morgan fingerprint density at radius 1 is 1.08 bits per heavy atom. The Hall–Kier alpha value is -1.40. The Morgan fingerprint density at radius 2 is 1.69 bits per heavy atom. The van der Waals surface area contributed by atoms with Gasteiger partial charge in [-0.25, -0.2) is 12.7 Å². The van der Waals surface area contributed by atoms with Crippen molar-refractivity contribution in [2.45, 2.75) is 43.6 Å². The second-order valence-corrected chi connectivity index (χ2v) is 10.7. The van der Waals surface area contributed by atoms with Crippen molar-refractivity contribution >= 4 is 16.0 Å². The number of ether oxygens (including phenoxy) is 1. The van der Waals surface area contributed by atoms with Crippen molar-refractivity contribution in [2.24, 2.45) is 29.6 Å². The molecule has 4 aliphatic rings. The molecule has 0 aliphatic heterocycles. The van der Waals surface area contributed by atoms with Gasteiger partial charge >= 0.3 is 5.97 Å². The molecule has 0 amide bonds. The van der Waals surface area contributed by atoms with E-state index in [4.69, 9.17) is 4.74 Å². The second kappa shape index (κ2) is 6.64. The fourth-order valence-electron chi connectivity index (χ4n) is 5.57. The number of carbonyl (C=O) groups excluding carboxylic acids is 1. The fraction of sp³-hybridized carbons (Fsp3) is 0.650. The van der Waals surface area contributed by atoms with Crippen molar-refractivity contribution in [2.75, 3.05) is 14.1 Å². The van der Waals surface area contributed by atoms with Crippen molar-refractivity contribution in [1.82, 2.24) is 4.31 Å². The Bertz CT molecular complexity index is 774. The van der Waals surface area contributed by atoms with Crippen LogP contribution >= 0.6 is 0 Å². The molecule has 4 fully saturated rings. The summed E-state index contributed by atoms with van der Waals surface area (Å²) in [7, 11) is -0.463. The molecule has 4 bridgehead atoms. The van der Waals surface area contributed by atoms with Crippen LogP contribution in [0.15, 0.2) is 29.2 Å². The van der Waals surface area contributed by atoms with E-state index in [2.05, 4.69) is 0 Å². The quantitative estimate of drug-likeness (QED) is 0.740. The lowest BCUT2D eigenvalue weighted by atomic mass is 9.52. The third-order valence-corrected chi connectivity index (χ3v) is 8.37. The minimum atomic E-state index is -3.48. The average Bonchev–Trinajstić information content (AvgIpc) is 2.59. The summed E-state index contributed by atoms with van der Waals surface area (Å²) in [5, 5.41) is 0. The first-order chi connectivity index (χ1) is 12.3. The third-order valence-electron chi connectivity index (χ3n) is 6.56. The summed E-state index contributed by atoms with van der Waals surface area (Å²) in [5.41, 5.74) is 0.713. The summed E-state index contributed by atoms with van der Waals surface area (Å²) in [5.74, 6) is 2.62. The molecular formula is C20H27NO4S. The molecule has 0 heterocycles. The molecule has 0 N–H and O–H groups in total. The largest absolute Gasteiger partial charge is 0.461 e. The molecule has 6 heteroatoms. The lowest BCUT2D eigenvalue weighted by Gasteiger charge is -2.53. The molecule has 1 aromatic rings. The standard InChI is InChI=1S/C20H27NO4S/c1-21(2)26(23,24)18-5-3-4-13(11-18)12-25-20(22)19-16-7-14-6-15(9-16)10-17(19)8-14/h3-5,11,14-17,19H,6-10,12H2,1-2H3. The summed E-state index contributed by atoms with van der Waals surface area (Å²) >= 11 is 0. The SMILES string of the molecule is CN(C)S(=O)(=O)c1cccc(COC(=O)C2C3CC4CC(C3)CC2C4)c1. The average molecular weight is 378 g/mol. The molecule has 1 aromatic carbocycles. The molecule has 4 aliphatic carbocycles. The lowest BCUT2D eigenvalue weighted by Crippen LogP contribution is -2.48. The van der Waals surface area contributed by atoms with Gasteiger partial charge < -0.3 is 4.74 Å². The van der Waals surface area contributed by atoms with Crippen LogP contribution in [0, 0.1) is 29.6 Å². The van der Waals surface area contributed by atoms with E-state index < -0.39 is 10.0 Å². The van der Waals surface area contributed by atoms with E-state index in [1.165, 1.54) is 50.5 Å². The van der Waals surface area contributed by atoms with Crippen LogP contribution in [0.1, 0.15) is 37.7 Å². The van der Waals surface area contributed by atoms with Crippen molar-refractivity contribution in [3.05, 3.63) is 29.8 Å². The van der Waals surface area contributed by atoms with Gasteiger partial charge in [0, 0.05) is 14.1 Å². The lowest BCUT2D eigenvalue weighted by molar-refractivity contribution is -0.163. The summed E-state index contributed by atoms with van der Waals surface area (Å²) in [6.45, 7) is 0.137. The number of benzene rings is 1. The summed E-state index contributed by atoms with van der Waals surface area (Å²) in [6.07, 6.45) is 6.10. The Labute approximate surface area is 155 Å². The topological polar surface area (TPSA) is 63.7 Å². The van der Waals surface area contributed by atoms with Gasteiger partial charge in [0.05, 0.1) is 10.8 Å². The molecule has 4 saturated carbocycles. The smallest absolute Gasteiger partial charge is 0.309 e. The van der Waals surface area contributed by atoms with Gasteiger partial charge in [0.2, 0.25) is 10.0 Å². The minimum absolute atomic E-state index is 0.0523. The van der Waals surface area contributed by atoms with Gasteiger partial charge in [-0.15, -0.1) is 0 Å². The van der Waals surface area contributed by atoms with Gasteiger partial charge in [0.15, 0.2) is 0 Å². The highest BCUT2D eigenvalue weighted by Crippen LogP contribution is 2.56. The van der Waals surface area contributed by atoms with Gasteiger partial charge in [-0.05, 0) is 73.5 Å². The number of hydrogen-bond donors (Lipinski definition) is 0. The van der Waals surface area contributed by atoms with Crippen LogP contribution in [0.4, 0.5) is 0 Å². The first-order valence-electron chi connectivity index (χ1n) is 9.52. The maximum absolute atomic E-state index is 12.7. The number of rotatable bonds is 5. The molecule has 0 unspecified atom stereocenters. The van der Waals surface area contributed by atoms with Crippen molar-refractivity contribution in [3.63, 3.8) is 0 Å². The molecule has 0 radical (unpaired) electrons. The summed E-state index contributed by atoms with van der Waals surface area (Å²) in [4.78, 5) is 13.0. The molecule has 142 valence electrons. The van der Waals surface area contributed by atoms with Crippen molar-refractivity contribution < 1.29 is 17.9 Å². The van der Waals surface area contributed by atoms with Crippen LogP contribution in [0.2, 0.25) is 0 Å². The Morgan fingerprint density at radius 3 is 2.27 bits per heavy atom. The highest BCUT2D eigenvalue weighted by atomic mass is 32.2. The van der Waals surface area contributed by atoms with Gasteiger partial charge in [0.25, 0.3) is 0 Å². The van der Waals surface area contributed by atoms with Crippen molar-refractivity contribution in [3.8, 4) is 0 Å². The Kier molecular flexibility index (Phi) is 4.59. The van der Waals surface area contributed by atoms with Crippen LogP contribution in [0.3, 0.4) is 0 Å². The van der Waals surface area contributed by atoms with Gasteiger partial charge in [-0.1, -0.05) is 12.1 Å². The van der Waals surface area contributed by atoms with E-state index in [9.17, 15) is 13.2 Å². The number of carbonyl (C=O) groups is 1. The van der Waals surface area contributed by atoms with E-state index in [0.717, 1.165) is 11.8 Å². The zero-order valence-corrected chi connectivity index (χ0v) is 16.2. The molecular weight excluding hydrogens is 350 g/mol. The van der Waals surface area contributed by atoms with Crippen molar-refractivity contribution in [1.29, 1.82) is 0 Å². The first kappa shape index (κ1) is 18.0. The first-order valence-corrected chi connectivity index (χ1v) is 11.0. The molecule has 0 saturated heterocycles. The molecule has 5 nitrogen and oxygen atoms in total. The van der Waals surface area contributed by atoms with Gasteiger partial charge in [-0.3, -0.25) is 4.79 Å². The van der Waals surface area contributed by atoms with Crippen LogP contribution in [-0.2, 0) is 26.2 Å². The fourth-order valence-corrected chi connectivity index (χ4v) is 6.54. The van der Waals surface area contributed by atoms with E-state index in [0.29, 0.717) is 17.4 Å². The normalized spacial score (nSPS) is 32.8. The Balaban J connectivity index is 1.42. The predicted octanol–water partition coefficient (Wildman–Crippen LogP) is 3.05. The third kappa shape index (κ3) is 3.18. The van der Waals surface area contributed by atoms with E-state index >= 15 is 0 Å². The van der Waals surface area contributed by atoms with E-state index in [1.807, 2.05) is 0 Å². The molecule has 0 aromatic heterocycles. The zero-order chi connectivity index (χ0) is 18.5. The summed E-state index contributed by atoms with van der Waals surface area (Å²) < 4.78 is 31.3. The zero-order valence-electron chi connectivity index (χ0n) is 15.4. The number of nitrogens with zero attached hydrogens (tertiary/aromatic N) is 1. The van der Waals surface area contributed by atoms with E-state index in [1.54, 1.807) is 24.3 Å². The highest BCUT2D eigenvalue weighted by Gasteiger charge is 2.51. The van der Waals surface area contributed by atoms with E-state index in [-0.39, 0.29) is 23.4 Å². The van der Waals surface area contributed by atoms with Crippen LogP contribution < -0.4 is 0 Å². The van der Waals surface area contributed by atoms with Crippen LogP contribution in [0.5, 0.6) is 0 Å². The maximum atomic E-state index is 12.7. The van der Waals surface area contributed by atoms with Crippen LogP contribution in [0.25, 0.3) is 0 Å². The molecule has 26 heavy (non-hydrogen) atoms.